The van der Waals surface area contributed by atoms with Crippen LogP contribution in [0, 0.1) is 6.92 Å². The Labute approximate surface area is 153 Å². The highest BCUT2D eigenvalue weighted by Crippen LogP contribution is 2.26. The van der Waals surface area contributed by atoms with Crippen LogP contribution < -0.4 is 5.32 Å². The number of benzene rings is 2. The normalized spacial score (nSPS) is 11.0. The van der Waals surface area contributed by atoms with Gasteiger partial charge in [-0.15, -0.1) is 0 Å². The number of aryl methyl sites for hydroxylation is 2. The van der Waals surface area contributed by atoms with E-state index in [9.17, 15) is 4.79 Å². The predicted octanol–water partition coefficient (Wildman–Crippen LogP) is 4.23. The average molecular weight is 364 g/mol. The van der Waals surface area contributed by atoms with Gasteiger partial charge in [-0.25, -0.2) is 4.98 Å². The van der Waals surface area contributed by atoms with Crippen LogP contribution in [-0.2, 0) is 11.2 Å². The molecule has 1 N–H and O–H groups in total. The molecule has 26 heavy (non-hydrogen) atoms. The molecule has 0 fully saturated rings. The number of hydrogen-bond acceptors (Lipinski definition) is 6. The zero-order chi connectivity index (χ0) is 17.9. The van der Waals surface area contributed by atoms with Gasteiger partial charge in [-0.05, 0) is 24.6 Å². The molecular weight excluding hydrogens is 348 g/mol. The number of carbonyl (C=O) groups excluding carboxylic acids is 1. The number of thiazole rings is 1. The Morgan fingerprint density at radius 2 is 2.00 bits per heavy atom. The molecule has 0 saturated heterocycles. The molecule has 4 aromatic rings. The molecule has 0 atom stereocenters. The van der Waals surface area contributed by atoms with E-state index in [1.807, 2.05) is 49.4 Å². The topological polar surface area (TPSA) is 80.9 Å². The fourth-order valence-corrected chi connectivity index (χ4v) is 3.53. The van der Waals surface area contributed by atoms with Crippen LogP contribution in [0.4, 0.5) is 5.13 Å². The zero-order valence-corrected chi connectivity index (χ0v) is 14.9. The second-order valence-corrected chi connectivity index (χ2v) is 6.95. The number of hydrogen-bond donors (Lipinski definition) is 1. The summed E-state index contributed by atoms with van der Waals surface area (Å²) < 4.78 is 6.29. The molecule has 7 heteroatoms. The maximum absolute atomic E-state index is 12.2. The minimum Gasteiger partial charge on any atom is -0.339 e. The van der Waals surface area contributed by atoms with Crippen molar-refractivity contribution in [2.24, 2.45) is 0 Å². The largest absolute Gasteiger partial charge is 0.339 e. The van der Waals surface area contributed by atoms with E-state index in [4.69, 9.17) is 4.52 Å². The summed E-state index contributed by atoms with van der Waals surface area (Å²) in [7, 11) is 0. The van der Waals surface area contributed by atoms with Crippen LogP contribution in [0.5, 0.6) is 0 Å². The third-order valence-electron chi connectivity index (χ3n) is 3.86. The SMILES string of the molecule is Cc1ccc2nc(NC(=O)CCc3nc(-c4ccccc4)no3)sc2c1. The van der Waals surface area contributed by atoms with Crippen LogP contribution in [0.15, 0.2) is 53.1 Å². The lowest BCUT2D eigenvalue weighted by atomic mass is 10.2. The number of fused-ring (bicyclic) bond motifs is 1. The summed E-state index contributed by atoms with van der Waals surface area (Å²) >= 11 is 1.47. The smallest absolute Gasteiger partial charge is 0.227 e. The van der Waals surface area contributed by atoms with Crippen LogP contribution in [0.25, 0.3) is 21.6 Å². The Bertz CT molecular complexity index is 1060. The van der Waals surface area contributed by atoms with E-state index in [0.717, 1.165) is 15.8 Å². The van der Waals surface area contributed by atoms with Crippen LogP contribution in [0.1, 0.15) is 17.9 Å². The highest BCUT2D eigenvalue weighted by Gasteiger charge is 2.12. The highest BCUT2D eigenvalue weighted by molar-refractivity contribution is 7.22. The molecule has 130 valence electrons. The lowest BCUT2D eigenvalue weighted by Gasteiger charge is -1.98. The number of rotatable bonds is 5. The fourth-order valence-electron chi connectivity index (χ4n) is 2.55. The summed E-state index contributed by atoms with van der Waals surface area (Å²) in [6, 6.07) is 15.6. The maximum Gasteiger partial charge on any atom is 0.227 e. The van der Waals surface area contributed by atoms with Gasteiger partial charge in [0.05, 0.1) is 10.2 Å². The molecule has 0 bridgehead atoms. The van der Waals surface area contributed by atoms with E-state index < -0.39 is 0 Å². The lowest BCUT2D eigenvalue weighted by molar-refractivity contribution is -0.116. The van der Waals surface area contributed by atoms with Crippen LogP contribution >= 0.6 is 11.3 Å². The van der Waals surface area contributed by atoms with Crippen molar-refractivity contribution in [2.45, 2.75) is 19.8 Å². The van der Waals surface area contributed by atoms with E-state index in [2.05, 4.69) is 26.5 Å². The second kappa shape index (κ2) is 7.05. The molecular formula is C19H16N4O2S. The van der Waals surface area contributed by atoms with Gasteiger partial charge in [-0.3, -0.25) is 4.79 Å². The van der Waals surface area contributed by atoms with Crippen molar-refractivity contribution < 1.29 is 9.32 Å². The fraction of sp³-hybridized carbons (Fsp3) is 0.158. The van der Waals surface area contributed by atoms with Crippen molar-refractivity contribution in [3.05, 3.63) is 60.0 Å². The van der Waals surface area contributed by atoms with Gasteiger partial charge in [-0.1, -0.05) is 52.9 Å². The van der Waals surface area contributed by atoms with Gasteiger partial charge in [0.2, 0.25) is 17.6 Å². The molecule has 0 unspecified atom stereocenters. The first-order valence-electron chi connectivity index (χ1n) is 8.22. The van der Waals surface area contributed by atoms with Crippen LogP contribution in [0.3, 0.4) is 0 Å². The van der Waals surface area contributed by atoms with Crippen molar-refractivity contribution in [1.29, 1.82) is 0 Å². The summed E-state index contributed by atoms with van der Waals surface area (Å²) in [6.45, 7) is 2.03. The Kier molecular flexibility index (Phi) is 4.45. The van der Waals surface area contributed by atoms with E-state index in [1.165, 1.54) is 16.9 Å². The van der Waals surface area contributed by atoms with Gasteiger partial charge in [0, 0.05) is 18.4 Å². The van der Waals surface area contributed by atoms with Gasteiger partial charge >= 0.3 is 0 Å². The monoisotopic (exact) mass is 364 g/mol. The molecule has 4 rings (SSSR count). The van der Waals surface area contributed by atoms with E-state index >= 15 is 0 Å². The quantitative estimate of drug-likeness (QED) is 0.573. The van der Waals surface area contributed by atoms with Gasteiger partial charge in [0.1, 0.15) is 0 Å². The molecule has 0 aliphatic heterocycles. The summed E-state index contributed by atoms with van der Waals surface area (Å²) in [4.78, 5) is 20.9. The Morgan fingerprint density at radius 3 is 2.85 bits per heavy atom. The number of nitrogens with one attached hydrogen (secondary N) is 1. The van der Waals surface area contributed by atoms with E-state index in [-0.39, 0.29) is 12.3 Å². The molecule has 2 aromatic heterocycles. The molecule has 2 heterocycles. The summed E-state index contributed by atoms with van der Waals surface area (Å²) in [5, 5.41) is 7.40. The summed E-state index contributed by atoms with van der Waals surface area (Å²) in [5.41, 5.74) is 2.95. The molecule has 0 spiro atoms. The van der Waals surface area contributed by atoms with Gasteiger partial charge in [-0.2, -0.15) is 4.98 Å². The van der Waals surface area contributed by atoms with Crippen LogP contribution in [0.2, 0.25) is 0 Å². The van der Waals surface area contributed by atoms with Crippen molar-refractivity contribution in [3.63, 3.8) is 0 Å². The van der Waals surface area contributed by atoms with E-state index in [1.54, 1.807) is 0 Å². The summed E-state index contributed by atoms with van der Waals surface area (Å²) in [5.74, 6) is 0.849. The molecule has 0 radical (unpaired) electrons. The zero-order valence-electron chi connectivity index (χ0n) is 14.1. The molecule has 0 aliphatic rings. The molecule has 6 nitrogen and oxygen atoms in total. The summed E-state index contributed by atoms with van der Waals surface area (Å²) in [6.07, 6.45) is 0.640. The minimum absolute atomic E-state index is 0.125. The Hall–Kier alpha value is -3.06. The number of anilines is 1. The Morgan fingerprint density at radius 1 is 1.15 bits per heavy atom. The van der Waals surface area contributed by atoms with Gasteiger partial charge < -0.3 is 9.84 Å². The minimum atomic E-state index is -0.125. The lowest BCUT2D eigenvalue weighted by Crippen LogP contribution is -2.12. The first-order valence-corrected chi connectivity index (χ1v) is 9.04. The van der Waals surface area contributed by atoms with E-state index in [0.29, 0.717) is 23.3 Å². The first kappa shape index (κ1) is 16.4. The van der Waals surface area contributed by atoms with Crippen molar-refractivity contribution in [2.75, 3.05) is 5.32 Å². The Balaban J connectivity index is 1.37. The average Bonchev–Trinajstić information content (AvgIpc) is 3.27. The molecule has 1 amide bonds. The van der Waals surface area contributed by atoms with Crippen LogP contribution in [-0.4, -0.2) is 21.0 Å². The number of carbonyl (C=O) groups is 1. The standard InChI is InChI=1S/C19H16N4O2S/c1-12-7-8-14-15(11-12)26-19(20-14)21-16(24)9-10-17-22-18(23-25-17)13-5-3-2-4-6-13/h2-8,11H,9-10H2,1H3,(H,20,21,24). The molecule has 2 aromatic carbocycles. The van der Waals surface area contributed by atoms with Crippen molar-refractivity contribution in [1.82, 2.24) is 15.1 Å². The van der Waals surface area contributed by atoms with Crippen molar-refractivity contribution in [3.8, 4) is 11.4 Å². The molecule has 0 aliphatic carbocycles. The third kappa shape index (κ3) is 3.62. The predicted molar refractivity (Wildman–Crippen MR) is 101 cm³/mol. The number of nitrogens with zero attached hydrogens (tertiary/aromatic N) is 3. The van der Waals surface area contributed by atoms with Gasteiger partial charge in [0.15, 0.2) is 5.13 Å². The van der Waals surface area contributed by atoms with Gasteiger partial charge in [0.25, 0.3) is 0 Å². The second-order valence-electron chi connectivity index (χ2n) is 5.92. The number of amides is 1. The number of aromatic nitrogens is 3. The first-order chi connectivity index (χ1) is 12.7. The third-order valence-corrected chi connectivity index (χ3v) is 4.79. The maximum atomic E-state index is 12.2. The van der Waals surface area contributed by atoms with Crippen molar-refractivity contribution >= 4 is 32.6 Å². The highest BCUT2D eigenvalue weighted by atomic mass is 32.1. The molecule has 0 saturated carbocycles.